The van der Waals surface area contributed by atoms with E-state index in [1.165, 1.54) is 6.42 Å². The number of halogens is 1. The Bertz CT molecular complexity index is 472. The van der Waals surface area contributed by atoms with Gasteiger partial charge in [0.15, 0.2) is 0 Å². The molecule has 1 aromatic heterocycles. The minimum absolute atomic E-state index is 0.0403. The molecular weight excluding hydrogens is 280 g/mol. The fourth-order valence-corrected chi connectivity index (χ4v) is 4.42. The molecule has 2 fully saturated rings. The maximum Gasteiger partial charge on any atom is 0.0925 e. The lowest BCUT2D eigenvalue weighted by molar-refractivity contribution is -0.0957. The summed E-state index contributed by atoms with van der Waals surface area (Å²) in [7, 11) is 0. The van der Waals surface area contributed by atoms with Crippen molar-refractivity contribution in [3.63, 3.8) is 0 Å². The Labute approximate surface area is 124 Å². The summed E-state index contributed by atoms with van der Waals surface area (Å²) in [6, 6.07) is 1.93. The first kappa shape index (κ1) is 13.9. The van der Waals surface area contributed by atoms with E-state index >= 15 is 0 Å². The van der Waals surface area contributed by atoms with Crippen LogP contribution in [0.5, 0.6) is 0 Å². The molecule has 0 radical (unpaired) electrons. The van der Waals surface area contributed by atoms with Gasteiger partial charge in [0.25, 0.3) is 0 Å². The molecule has 0 aliphatic carbocycles. The van der Waals surface area contributed by atoms with Crippen LogP contribution in [0.15, 0.2) is 11.4 Å². The highest BCUT2D eigenvalue weighted by molar-refractivity contribution is 7.10. The Morgan fingerprint density at radius 1 is 1.53 bits per heavy atom. The number of hydrogen-bond acceptors (Lipinski definition) is 3. The number of thiophene rings is 1. The van der Waals surface area contributed by atoms with Crippen molar-refractivity contribution >= 4 is 22.9 Å². The Morgan fingerprint density at radius 3 is 2.89 bits per heavy atom. The normalized spacial score (nSPS) is 37.4. The standard InChI is InChI=1S/C15H21ClO2S/c1-10(2)15-6-5-14(3,18-15)13(8-15)17-9-12-11(16)4-7-19-12/h4,7,10,13H,5-6,8-9H2,1-3H3/t13-,14+,15-/m0/s1. The predicted octanol–water partition coefficient (Wildman–Crippen LogP) is 4.65. The van der Waals surface area contributed by atoms with Crippen molar-refractivity contribution in [2.75, 3.05) is 0 Å². The van der Waals surface area contributed by atoms with E-state index in [4.69, 9.17) is 21.1 Å². The molecule has 2 aliphatic rings. The summed E-state index contributed by atoms with van der Waals surface area (Å²) >= 11 is 7.78. The van der Waals surface area contributed by atoms with E-state index in [9.17, 15) is 0 Å². The zero-order chi connectivity index (χ0) is 13.7. The van der Waals surface area contributed by atoms with Gasteiger partial charge in [-0.05, 0) is 37.1 Å². The van der Waals surface area contributed by atoms with Crippen molar-refractivity contribution in [2.24, 2.45) is 5.92 Å². The lowest BCUT2D eigenvalue weighted by Gasteiger charge is -2.31. The lowest BCUT2D eigenvalue weighted by atomic mass is 9.75. The van der Waals surface area contributed by atoms with Gasteiger partial charge in [0.2, 0.25) is 0 Å². The molecule has 19 heavy (non-hydrogen) atoms. The molecule has 3 heterocycles. The third-order valence-corrected chi connectivity index (χ3v) is 6.21. The molecule has 106 valence electrons. The minimum Gasteiger partial charge on any atom is -0.370 e. The van der Waals surface area contributed by atoms with Crippen molar-refractivity contribution in [3.05, 3.63) is 21.3 Å². The number of ether oxygens (including phenoxy) is 2. The molecule has 2 nitrogen and oxygen atoms in total. The first-order valence-corrected chi connectivity index (χ1v) is 8.25. The van der Waals surface area contributed by atoms with E-state index in [1.807, 2.05) is 11.4 Å². The smallest absolute Gasteiger partial charge is 0.0925 e. The Morgan fingerprint density at radius 2 is 2.32 bits per heavy atom. The molecule has 3 atom stereocenters. The highest BCUT2D eigenvalue weighted by atomic mass is 35.5. The Balaban J connectivity index is 1.69. The number of fused-ring (bicyclic) bond motifs is 2. The average molecular weight is 301 g/mol. The quantitative estimate of drug-likeness (QED) is 0.805. The molecule has 2 bridgehead atoms. The summed E-state index contributed by atoms with van der Waals surface area (Å²) in [4.78, 5) is 1.12. The van der Waals surface area contributed by atoms with Gasteiger partial charge >= 0.3 is 0 Å². The second-order valence-electron chi connectivity index (χ2n) is 6.33. The molecule has 3 rings (SSSR count). The van der Waals surface area contributed by atoms with Crippen LogP contribution < -0.4 is 0 Å². The van der Waals surface area contributed by atoms with Gasteiger partial charge in [-0.25, -0.2) is 0 Å². The monoisotopic (exact) mass is 300 g/mol. The first-order valence-electron chi connectivity index (χ1n) is 6.99. The molecule has 0 N–H and O–H groups in total. The molecule has 0 aromatic carbocycles. The van der Waals surface area contributed by atoms with Crippen molar-refractivity contribution in [3.8, 4) is 0 Å². The van der Waals surface area contributed by atoms with Crippen molar-refractivity contribution in [2.45, 2.75) is 63.9 Å². The molecule has 0 amide bonds. The average Bonchev–Trinajstić information content (AvgIpc) is 2.98. The number of hydrogen-bond donors (Lipinski definition) is 0. The van der Waals surface area contributed by atoms with E-state index in [0.717, 1.165) is 22.7 Å². The molecule has 0 unspecified atom stereocenters. The van der Waals surface area contributed by atoms with Crippen LogP contribution in [0.3, 0.4) is 0 Å². The van der Waals surface area contributed by atoms with Crippen LogP contribution in [-0.2, 0) is 16.1 Å². The SMILES string of the molecule is CC(C)[C@@]12CC[C@@](C)(O1)[C@@H](OCc1sccc1Cl)C2. The minimum atomic E-state index is -0.103. The zero-order valence-electron chi connectivity index (χ0n) is 11.7. The van der Waals surface area contributed by atoms with Crippen LogP contribution >= 0.6 is 22.9 Å². The van der Waals surface area contributed by atoms with Gasteiger partial charge in [-0.15, -0.1) is 11.3 Å². The van der Waals surface area contributed by atoms with Gasteiger partial charge in [0.1, 0.15) is 0 Å². The van der Waals surface area contributed by atoms with Crippen LogP contribution in [0.2, 0.25) is 5.02 Å². The Hall–Kier alpha value is -0.0900. The van der Waals surface area contributed by atoms with Crippen molar-refractivity contribution in [1.29, 1.82) is 0 Å². The largest absolute Gasteiger partial charge is 0.370 e. The summed E-state index contributed by atoms with van der Waals surface area (Å²) in [5, 5.41) is 2.83. The van der Waals surface area contributed by atoms with Crippen LogP contribution in [0, 0.1) is 5.92 Å². The molecular formula is C15H21ClO2S. The van der Waals surface area contributed by atoms with Crippen LogP contribution in [-0.4, -0.2) is 17.3 Å². The van der Waals surface area contributed by atoms with Crippen molar-refractivity contribution < 1.29 is 9.47 Å². The van der Waals surface area contributed by atoms with Crippen LogP contribution in [0.1, 0.15) is 44.9 Å². The van der Waals surface area contributed by atoms with E-state index in [0.29, 0.717) is 12.5 Å². The van der Waals surface area contributed by atoms with Gasteiger partial charge < -0.3 is 9.47 Å². The molecule has 2 aliphatic heterocycles. The molecule has 2 saturated heterocycles. The Kier molecular flexibility index (Phi) is 3.45. The second kappa shape index (κ2) is 4.73. The summed E-state index contributed by atoms with van der Waals surface area (Å²) in [6.07, 6.45) is 3.49. The topological polar surface area (TPSA) is 18.5 Å². The number of rotatable bonds is 4. The van der Waals surface area contributed by atoms with E-state index in [-0.39, 0.29) is 17.3 Å². The summed E-state index contributed by atoms with van der Waals surface area (Å²) in [5.74, 6) is 0.549. The second-order valence-corrected chi connectivity index (χ2v) is 7.74. The van der Waals surface area contributed by atoms with E-state index < -0.39 is 0 Å². The van der Waals surface area contributed by atoms with E-state index in [1.54, 1.807) is 11.3 Å². The maximum absolute atomic E-state index is 6.37. The molecule has 0 spiro atoms. The zero-order valence-corrected chi connectivity index (χ0v) is 13.3. The highest BCUT2D eigenvalue weighted by Crippen LogP contribution is 2.55. The summed E-state index contributed by atoms with van der Waals surface area (Å²) in [6.45, 7) is 7.31. The summed E-state index contributed by atoms with van der Waals surface area (Å²) in [5.41, 5.74) is -0.0628. The van der Waals surface area contributed by atoms with Gasteiger partial charge in [0.05, 0.1) is 28.9 Å². The first-order chi connectivity index (χ1) is 8.95. The van der Waals surface area contributed by atoms with Crippen LogP contribution in [0.4, 0.5) is 0 Å². The van der Waals surface area contributed by atoms with Crippen molar-refractivity contribution in [1.82, 2.24) is 0 Å². The van der Waals surface area contributed by atoms with Gasteiger partial charge in [0, 0.05) is 11.3 Å². The lowest BCUT2D eigenvalue weighted by Crippen LogP contribution is -2.38. The molecule has 1 aromatic rings. The maximum atomic E-state index is 6.37. The highest BCUT2D eigenvalue weighted by Gasteiger charge is 2.60. The fraction of sp³-hybridized carbons (Fsp3) is 0.733. The third-order valence-electron chi connectivity index (χ3n) is 4.85. The third kappa shape index (κ3) is 2.25. The summed E-state index contributed by atoms with van der Waals surface area (Å²) < 4.78 is 12.5. The molecule has 0 saturated carbocycles. The predicted molar refractivity (Wildman–Crippen MR) is 78.8 cm³/mol. The van der Waals surface area contributed by atoms with Gasteiger partial charge in [-0.1, -0.05) is 25.4 Å². The van der Waals surface area contributed by atoms with Gasteiger partial charge in [-0.2, -0.15) is 0 Å². The van der Waals surface area contributed by atoms with Gasteiger partial charge in [-0.3, -0.25) is 0 Å². The molecule has 4 heteroatoms. The van der Waals surface area contributed by atoms with E-state index in [2.05, 4.69) is 20.8 Å². The fourth-order valence-electron chi connectivity index (χ4n) is 3.41. The van der Waals surface area contributed by atoms with Crippen LogP contribution in [0.25, 0.3) is 0 Å².